The zero-order valence-corrected chi connectivity index (χ0v) is 21.3. The lowest BCUT2D eigenvalue weighted by Crippen LogP contribution is -2.35. The number of benzene rings is 2. The summed E-state index contributed by atoms with van der Waals surface area (Å²) in [4.78, 5) is 13.9. The maximum absolute atomic E-state index is 11.8. The molecular formula is C26H36BrN3O. The molecule has 0 bridgehead atoms. The molecule has 0 spiro atoms. The lowest BCUT2D eigenvalue weighted by Gasteiger charge is -2.27. The summed E-state index contributed by atoms with van der Waals surface area (Å²) in [5, 5.41) is 6.24. The molecule has 31 heavy (non-hydrogen) atoms. The molecule has 0 aliphatic heterocycles. The Labute approximate surface area is 196 Å². The summed E-state index contributed by atoms with van der Waals surface area (Å²) in [7, 11) is 2.05. The van der Waals surface area contributed by atoms with Crippen LogP contribution in [0.15, 0.2) is 58.1 Å². The normalized spacial score (nSPS) is 12.2. The van der Waals surface area contributed by atoms with Crippen LogP contribution in [0.5, 0.6) is 0 Å². The van der Waals surface area contributed by atoms with Gasteiger partial charge in [0.15, 0.2) is 0 Å². The highest BCUT2D eigenvalue weighted by atomic mass is 79.9. The van der Waals surface area contributed by atoms with Gasteiger partial charge in [0.25, 0.3) is 0 Å². The van der Waals surface area contributed by atoms with Crippen molar-refractivity contribution in [2.45, 2.75) is 71.9 Å². The van der Waals surface area contributed by atoms with E-state index in [1.807, 2.05) is 7.05 Å². The molecule has 0 radical (unpaired) electrons. The van der Waals surface area contributed by atoms with Crippen molar-refractivity contribution < 1.29 is 4.79 Å². The van der Waals surface area contributed by atoms with Crippen molar-refractivity contribution in [3.05, 3.63) is 69.7 Å². The maximum Gasteiger partial charge on any atom is 0.230 e. The molecular weight excluding hydrogens is 450 g/mol. The van der Waals surface area contributed by atoms with E-state index in [4.69, 9.17) is 5.10 Å². The Morgan fingerprint density at radius 3 is 2.13 bits per heavy atom. The van der Waals surface area contributed by atoms with Gasteiger partial charge in [0.05, 0.1) is 6.54 Å². The first kappa shape index (κ1) is 25.1. The van der Waals surface area contributed by atoms with Crippen molar-refractivity contribution in [2.24, 2.45) is 5.10 Å². The van der Waals surface area contributed by atoms with Crippen molar-refractivity contribution in [3.8, 4) is 0 Å². The monoisotopic (exact) mass is 485 g/mol. The van der Waals surface area contributed by atoms with Crippen molar-refractivity contribution >= 4 is 28.2 Å². The number of amides is 1. The molecule has 0 fully saturated rings. The number of hydrazone groups is 1. The number of aryl methyl sites for hydroxylation is 1. The number of nitrogens with zero attached hydrogens (tertiary/aromatic N) is 3. The van der Waals surface area contributed by atoms with Gasteiger partial charge in [-0.3, -0.25) is 4.79 Å². The van der Waals surface area contributed by atoms with E-state index in [1.54, 1.807) is 0 Å². The van der Waals surface area contributed by atoms with Crippen LogP contribution in [0.4, 0.5) is 0 Å². The summed E-state index contributed by atoms with van der Waals surface area (Å²) in [6.07, 6.45) is 3.59. The molecule has 168 valence electrons. The summed E-state index contributed by atoms with van der Waals surface area (Å²) in [5.41, 5.74) is 3.78. The number of halogens is 1. The highest BCUT2D eigenvalue weighted by molar-refractivity contribution is 9.10. The molecule has 0 saturated carbocycles. The van der Waals surface area contributed by atoms with E-state index in [1.165, 1.54) is 16.1 Å². The lowest BCUT2D eigenvalue weighted by atomic mass is 9.87. The predicted octanol–water partition coefficient (Wildman–Crippen LogP) is 6.38. The van der Waals surface area contributed by atoms with Crippen LogP contribution in [-0.4, -0.2) is 35.2 Å². The Morgan fingerprint density at radius 1 is 1.03 bits per heavy atom. The average Bonchev–Trinajstić information content (AvgIpc) is 2.72. The van der Waals surface area contributed by atoms with E-state index in [9.17, 15) is 4.79 Å². The van der Waals surface area contributed by atoms with E-state index >= 15 is 0 Å². The molecule has 0 aliphatic rings. The number of hydrogen-bond acceptors (Lipinski definition) is 2. The van der Waals surface area contributed by atoms with Gasteiger partial charge in [-0.05, 0) is 60.9 Å². The number of rotatable bonds is 9. The van der Waals surface area contributed by atoms with Gasteiger partial charge in [-0.1, -0.05) is 73.1 Å². The first-order valence-electron chi connectivity index (χ1n) is 11.0. The lowest BCUT2D eigenvalue weighted by molar-refractivity contribution is -0.118. The van der Waals surface area contributed by atoms with E-state index in [0.29, 0.717) is 12.6 Å². The standard InChI is InChI=1S/C26H36BrN3O/c1-20(2)29(6)25(9-7-8-21-12-16-24(27)17-13-21)28-30(19-31)18-22-10-14-23(15-11-22)26(3,4)5/h10-17,19-20H,7-9,18H2,1-6H3/b28-25-. The number of amidine groups is 1. The van der Waals surface area contributed by atoms with Gasteiger partial charge >= 0.3 is 0 Å². The van der Waals surface area contributed by atoms with Crippen LogP contribution in [0.3, 0.4) is 0 Å². The van der Waals surface area contributed by atoms with Crippen LogP contribution in [0.25, 0.3) is 0 Å². The molecule has 0 heterocycles. The first-order valence-corrected chi connectivity index (χ1v) is 11.8. The second kappa shape index (κ2) is 11.5. The van der Waals surface area contributed by atoms with Gasteiger partial charge in [0.2, 0.25) is 6.41 Å². The van der Waals surface area contributed by atoms with Gasteiger partial charge in [-0.2, -0.15) is 5.10 Å². The Hall–Kier alpha value is -2.14. The highest BCUT2D eigenvalue weighted by Crippen LogP contribution is 2.22. The molecule has 0 aliphatic carbocycles. The fourth-order valence-corrected chi connectivity index (χ4v) is 3.50. The van der Waals surface area contributed by atoms with Gasteiger partial charge in [0.1, 0.15) is 5.84 Å². The van der Waals surface area contributed by atoms with Crippen LogP contribution in [-0.2, 0) is 23.2 Å². The average molecular weight is 486 g/mol. The molecule has 0 saturated heterocycles. The second-order valence-electron chi connectivity index (χ2n) is 9.35. The SMILES string of the molecule is CC(C)N(C)/C(CCCc1ccc(Br)cc1)=N\N(C=O)Cc1ccc(C(C)(C)C)cc1. The smallest absolute Gasteiger partial charge is 0.230 e. The molecule has 2 aromatic carbocycles. The Kier molecular flexibility index (Phi) is 9.30. The summed E-state index contributed by atoms with van der Waals surface area (Å²) in [6, 6.07) is 17.2. The van der Waals surface area contributed by atoms with Crippen molar-refractivity contribution in [3.63, 3.8) is 0 Å². The minimum absolute atomic E-state index is 0.114. The van der Waals surface area contributed by atoms with E-state index in [2.05, 4.69) is 104 Å². The third-order valence-corrected chi connectivity index (χ3v) is 6.02. The van der Waals surface area contributed by atoms with Gasteiger partial charge < -0.3 is 4.90 Å². The van der Waals surface area contributed by atoms with Crippen molar-refractivity contribution in [1.82, 2.24) is 9.91 Å². The van der Waals surface area contributed by atoms with Crippen LogP contribution < -0.4 is 0 Å². The third-order valence-electron chi connectivity index (χ3n) is 5.49. The number of hydrogen-bond donors (Lipinski definition) is 0. The highest BCUT2D eigenvalue weighted by Gasteiger charge is 2.15. The first-order chi connectivity index (χ1) is 14.6. The van der Waals surface area contributed by atoms with E-state index in [0.717, 1.165) is 41.5 Å². The van der Waals surface area contributed by atoms with Crippen LogP contribution >= 0.6 is 15.9 Å². The molecule has 4 nitrogen and oxygen atoms in total. The predicted molar refractivity (Wildman–Crippen MR) is 134 cm³/mol. The Bertz CT molecular complexity index is 852. The van der Waals surface area contributed by atoms with Crippen molar-refractivity contribution in [2.75, 3.05) is 7.05 Å². The van der Waals surface area contributed by atoms with Crippen molar-refractivity contribution in [1.29, 1.82) is 0 Å². The molecule has 5 heteroatoms. The molecule has 0 aromatic heterocycles. The third kappa shape index (κ3) is 8.13. The quantitative estimate of drug-likeness (QED) is 0.178. The summed E-state index contributed by atoms with van der Waals surface area (Å²) in [5.74, 6) is 0.936. The Balaban J connectivity index is 2.09. The largest absolute Gasteiger partial charge is 0.359 e. The summed E-state index contributed by atoms with van der Waals surface area (Å²) >= 11 is 3.48. The van der Waals surface area contributed by atoms with Crippen LogP contribution in [0.2, 0.25) is 0 Å². The zero-order chi connectivity index (χ0) is 23.0. The topological polar surface area (TPSA) is 35.9 Å². The van der Waals surface area contributed by atoms with E-state index < -0.39 is 0 Å². The van der Waals surface area contributed by atoms with Gasteiger partial charge in [-0.15, -0.1) is 0 Å². The van der Waals surface area contributed by atoms with Gasteiger partial charge in [-0.25, -0.2) is 5.01 Å². The van der Waals surface area contributed by atoms with Gasteiger partial charge in [0, 0.05) is 24.0 Å². The Morgan fingerprint density at radius 2 is 1.61 bits per heavy atom. The number of carbonyl (C=O) groups is 1. The second-order valence-corrected chi connectivity index (χ2v) is 10.3. The molecule has 0 N–H and O–H groups in total. The maximum atomic E-state index is 11.8. The van der Waals surface area contributed by atoms with Crippen LogP contribution in [0.1, 0.15) is 64.2 Å². The minimum atomic E-state index is 0.114. The fraction of sp³-hybridized carbons (Fsp3) is 0.462. The molecule has 2 aromatic rings. The molecule has 2 rings (SSSR count). The molecule has 0 unspecified atom stereocenters. The van der Waals surface area contributed by atoms with E-state index in [-0.39, 0.29) is 5.41 Å². The number of carbonyl (C=O) groups excluding carboxylic acids is 1. The summed E-state index contributed by atoms with van der Waals surface area (Å²) < 4.78 is 1.09. The minimum Gasteiger partial charge on any atom is -0.359 e. The zero-order valence-electron chi connectivity index (χ0n) is 19.7. The summed E-state index contributed by atoms with van der Waals surface area (Å²) in [6.45, 7) is 11.3. The van der Waals surface area contributed by atoms with Crippen LogP contribution in [0, 0.1) is 0 Å². The molecule has 0 atom stereocenters. The fourth-order valence-electron chi connectivity index (χ4n) is 3.24. The molecule has 1 amide bonds.